The quantitative estimate of drug-likeness (QED) is 0.785. The fourth-order valence-corrected chi connectivity index (χ4v) is 3.27. The number of thiazole rings is 1. The predicted molar refractivity (Wildman–Crippen MR) is 84.9 cm³/mol. The third-order valence-electron chi connectivity index (χ3n) is 3.53. The second kappa shape index (κ2) is 6.11. The number of nitrogens with zero attached hydrogens (tertiary/aromatic N) is 3. The van der Waals surface area contributed by atoms with Gasteiger partial charge in [0.2, 0.25) is 0 Å². The topological polar surface area (TPSA) is 68.0 Å². The molecule has 1 aromatic carbocycles. The molecule has 1 unspecified atom stereocenters. The molecule has 0 bridgehead atoms. The summed E-state index contributed by atoms with van der Waals surface area (Å²) in [6.45, 7) is 0. The van der Waals surface area contributed by atoms with E-state index in [9.17, 15) is 9.90 Å². The van der Waals surface area contributed by atoms with Crippen LogP contribution in [0.25, 0.3) is 11.3 Å². The van der Waals surface area contributed by atoms with Crippen LogP contribution in [0.3, 0.4) is 0 Å². The van der Waals surface area contributed by atoms with Crippen molar-refractivity contribution in [2.24, 2.45) is 7.05 Å². The van der Waals surface area contributed by atoms with Crippen molar-refractivity contribution in [2.45, 2.75) is 12.3 Å². The zero-order valence-corrected chi connectivity index (χ0v) is 12.8. The van der Waals surface area contributed by atoms with Gasteiger partial charge in [-0.05, 0) is 17.7 Å². The number of hydrogen-bond donors (Lipinski definition) is 1. The minimum absolute atomic E-state index is 0.0301. The maximum absolute atomic E-state index is 11.2. The van der Waals surface area contributed by atoms with E-state index in [0.717, 1.165) is 21.8 Å². The zero-order valence-electron chi connectivity index (χ0n) is 12.0. The molecule has 2 heterocycles. The Morgan fingerprint density at radius 2 is 2.23 bits per heavy atom. The molecule has 1 N–H and O–H groups in total. The van der Waals surface area contributed by atoms with Crippen LogP contribution in [-0.4, -0.2) is 25.8 Å². The maximum atomic E-state index is 11.2. The summed E-state index contributed by atoms with van der Waals surface area (Å²) >= 11 is 1.48. The van der Waals surface area contributed by atoms with Crippen molar-refractivity contribution in [1.82, 2.24) is 14.8 Å². The van der Waals surface area contributed by atoms with Crippen molar-refractivity contribution in [1.29, 1.82) is 0 Å². The Morgan fingerprint density at radius 3 is 2.86 bits per heavy atom. The summed E-state index contributed by atoms with van der Waals surface area (Å²) in [5.41, 5.74) is 2.97. The third kappa shape index (κ3) is 2.92. The van der Waals surface area contributed by atoms with E-state index in [2.05, 4.69) is 10.1 Å². The number of benzene rings is 1. The molecule has 0 fully saturated rings. The molecule has 5 nitrogen and oxygen atoms in total. The fraction of sp³-hybridized carbons (Fsp3) is 0.188. The van der Waals surface area contributed by atoms with Gasteiger partial charge in [-0.3, -0.25) is 9.48 Å². The van der Waals surface area contributed by atoms with E-state index in [1.54, 1.807) is 17.1 Å². The van der Waals surface area contributed by atoms with E-state index in [0.29, 0.717) is 0 Å². The Kier molecular flexibility index (Phi) is 4.02. The largest absolute Gasteiger partial charge is 0.481 e. The van der Waals surface area contributed by atoms with E-state index < -0.39 is 5.97 Å². The number of hydrogen-bond acceptors (Lipinski definition) is 4. The molecule has 0 amide bonds. The normalized spacial score (nSPS) is 12.2. The summed E-state index contributed by atoms with van der Waals surface area (Å²) in [5, 5.41) is 16.1. The molecule has 0 aliphatic heterocycles. The van der Waals surface area contributed by atoms with Gasteiger partial charge in [0, 0.05) is 36.3 Å². The van der Waals surface area contributed by atoms with E-state index in [-0.39, 0.29) is 12.3 Å². The highest BCUT2D eigenvalue weighted by molar-refractivity contribution is 7.09. The first-order chi connectivity index (χ1) is 10.6. The molecule has 0 radical (unpaired) electrons. The Bertz CT molecular complexity index is 780. The number of aliphatic carboxylic acids is 1. The van der Waals surface area contributed by atoms with Gasteiger partial charge in [0.1, 0.15) is 5.01 Å². The van der Waals surface area contributed by atoms with Gasteiger partial charge >= 0.3 is 5.97 Å². The van der Waals surface area contributed by atoms with Gasteiger partial charge in [-0.15, -0.1) is 11.3 Å². The molecule has 0 spiro atoms. The first-order valence-corrected chi connectivity index (χ1v) is 7.72. The number of aryl methyl sites for hydroxylation is 1. The molecule has 0 aliphatic rings. The van der Waals surface area contributed by atoms with Crippen LogP contribution in [0, 0.1) is 0 Å². The van der Waals surface area contributed by atoms with Crippen LogP contribution in [-0.2, 0) is 11.8 Å². The van der Waals surface area contributed by atoms with Crippen molar-refractivity contribution >= 4 is 17.3 Å². The van der Waals surface area contributed by atoms with Crippen molar-refractivity contribution in [3.8, 4) is 11.3 Å². The van der Waals surface area contributed by atoms with Crippen LogP contribution < -0.4 is 0 Å². The Hall–Kier alpha value is -2.47. The lowest BCUT2D eigenvalue weighted by atomic mass is 9.94. The molecular weight excluding hydrogens is 298 g/mol. The lowest BCUT2D eigenvalue weighted by molar-refractivity contribution is -0.137. The second-order valence-electron chi connectivity index (χ2n) is 4.99. The van der Waals surface area contributed by atoms with Gasteiger partial charge in [-0.25, -0.2) is 4.98 Å². The molecule has 0 saturated carbocycles. The Balaban J connectivity index is 2.02. The highest BCUT2D eigenvalue weighted by Gasteiger charge is 2.21. The highest BCUT2D eigenvalue weighted by Crippen LogP contribution is 2.32. The van der Waals surface area contributed by atoms with Gasteiger partial charge in [-0.1, -0.05) is 18.2 Å². The Morgan fingerprint density at radius 1 is 1.36 bits per heavy atom. The third-order valence-corrected chi connectivity index (χ3v) is 4.42. The van der Waals surface area contributed by atoms with E-state index in [1.807, 2.05) is 42.8 Å². The monoisotopic (exact) mass is 313 g/mol. The van der Waals surface area contributed by atoms with Crippen molar-refractivity contribution in [2.75, 3.05) is 0 Å². The number of rotatable bonds is 5. The first-order valence-electron chi connectivity index (χ1n) is 6.84. The standard InChI is InChI=1S/C16H15N3O2S/c1-19-14(5-6-18-19)12-4-2-3-11(9-12)13(10-15(20)21)16-17-7-8-22-16/h2-9,13H,10H2,1H3,(H,20,21). The molecule has 22 heavy (non-hydrogen) atoms. The molecular formula is C16H15N3O2S. The van der Waals surface area contributed by atoms with Crippen LogP contribution in [0.1, 0.15) is 22.9 Å². The van der Waals surface area contributed by atoms with Crippen LogP contribution in [0.2, 0.25) is 0 Å². The van der Waals surface area contributed by atoms with E-state index in [1.165, 1.54) is 11.3 Å². The first kappa shape index (κ1) is 14.5. The lowest BCUT2D eigenvalue weighted by Crippen LogP contribution is -2.08. The molecule has 0 aliphatic carbocycles. The maximum Gasteiger partial charge on any atom is 0.304 e. The number of carboxylic acid groups (broad SMARTS) is 1. The zero-order chi connectivity index (χ0) is 15.5. The molecule has 2 aromatic heterocycles. The summed E-state index contributed by atoms with van der Waals surface area (Å²) < 4.78 is 1.80. The summed E-state index contributed by atoms with van der Waals surface area (Å²) in [4.78, 5) is 15.5. The molecule has 3 aromatic rings. The second-order valence-corrected chi connectivity index (χ2v) is 5.91. The van der Waals surface area contributed by atoms with E-state index >= 15 is 0 Å². The summed E-state index contributed by atoms with van der Waals surface area (Å²) in [5.74, 6) is -1.06. The number of carboxylic acids is 1. The average Bonchev–Trinajstić information content (AvgIpc) is 3.16. The molecule has 6 heteroatoms. The molecule has 0 saturated heterocycles. The summed E-state index contributed by atoms with van der Waals surface area (Å²) in [6.07, 6.45) is 3.49. The van der Waals surface area contributed by atoms with Gasteiger partial charge in [0.05, 0.1) is 12.1 Å². The smallest absolute Gasteiger partial charge is 0.304 e. The summed E-state index contributed by atoms with van der Waals surface area (Å²) in [7, 11) is 1.89. The average molecular weight is 313 g/mol. The van der Waals surface area contributed by atoms with Gasteiger partial charge in [0.15, 0.2) is 0 Å². The van der Waals surface area contributed by atoms with Crippen molar-refractivity contribution in [3.05, 3.63) is 58.7 Å². The van der Waals surface area contributed by atoms with Crippen molar-refractivity contribution < 1.29 is 9.90 Å². The lowest BCUT2D eigenvalue weighted by Gasteiger charge is -2.14. The SMILES string of the molecule is Cn1nccc1-c1cccc(C(CC(=O)O)c2nccs2)c1. The number of aromatic nitrogens is 3. The minimum Gasteiger partial charge on any atom is -0.481 e. The van der Waals surface area contributed by atoms with Crippen molar-refractivity contribution in [3.63, 3.8) is 0 Å². The molecule has 112 valence electrons. The van der Waals surface area contributed by atoms with E-state index in [4.69, 9.17) is 0 Å². The summed E-state index contributed by atoms with van der Waals surface area (Å²) in [6, 6.07) is 9.86. The van der Waals surface area contributed by atoms with Gasteiger partial charge in [-0.2, -0.15) is 5.10 Å². The molecule has 3 rings (SSSR count). The van der Waals surface area contributed by atoms with Gasteiger partial charge < -0.3 is 5.11 Å². The van der Waals surface area contributed by atoms with Crippen LogP contribution in [0.5, 0.6) is 0 Å². The van der Waals surface area contributed by atoms with Crippen LogP contribution in [0.4, 0.5) is 0 Å². The molecule has 1 atom stereocenters. The minimum atomic E-state index is -0.828. The Labute approximate surface area is 131 Å². The number of carbonyl (C=O) groups is 1. The fourth-order valence-electron chi connectivity index (χ4n) is 2.50. The van der Waals surface area contributed by atoms with Gasteiger partial charge in [0.25, 0.3) is 0 Å². The predicted octanol–water partition coefficient (Wildman–Crippen LogP) is 3.15. The highest BCUT2D eigenvalue weighted by atomic mass is 32.1. The van der Waals surface area contributed by atoms with Crippen LogP contribution in [0.15, 0.2) is 48.1 Å². The van der Waals surface area contributed by atoms with Crippen LogP contribution >= 0.6 is 11.3 Å².